The number of primary amides is 1. The Labute approximate surface area is 179 Å². The molecule has 0 atom stereocenters. The van der Waals surface area contributed by atoms with Gasteiger partial charge in [0.25, 0.3) is 0 Å². The molecule has 2 aromatic heterocycles. The number of pyridine rings is 1. The molecule has 156 valence electrons. The molecular formula is C24H21N3O4. The van der Waals surface area contributed by atoms with Gasteiger partial charge in [0, 0.05) is 23.4 Å². The quantitative estimate of drug-likeness (QED) is 0.466. The van der Waals surface area contributed by atoms with E-state index in [2.05, 4.69) is 9.97 Å². The van der Waals surface area contributed by atoms with Crippen molar-refractivity contribution < 1.29 is 18.7 Å². The zero-order chi connectivity index (χ0) is 21.6. The third-order valence-electron chi connectivity index (χ3n) is 4.58. The molecule has 0 bridgehead atoms. The number of oxazole rings is 1. The van der Waals surface area contributed by atoms with Crippen LogP contribution in [0.15, 0.2) is 77.3 Å². The van der Waals surface area contributed by atoms with Crippen LogP contribution in [-0.2, 0) is 17.8 Å². The first-order valence-corrected chi connectivity index (χ1v) is 9.68. The van der Waals surface area contributed by atoms with E-state index in [4.69, 9.17) is 19.6 Å². The summed E-state index contributed by atoms with van der Waals surface area (Å²) in [5.41, 5.74) is 8.51. The predicted octanol–water partition coefficient (Wildman–Crippen LogP) is 4.02. The molecule has 2 heterocycles. The van der Waals surface area contributed by atoms with E-state index >= 15 is 0 Å². The fourth-order valence-corrected chi connectivity index (χ4v) is 3.06. The molecule has 0 saturated heterocycles. The maximum absolute atomic E-state index is 11.4. The first-order valence-electron chi connectivity index (χ1n) is 9.68. The number of carbonyl (C=O) groups excluding carboxylic acids is 1. The molecule has 4 aromatic rings. The number of methoxy groups -OCH3 is 1. The smallest absolute Gasteiger partial charge is 0.226 e. The van der Waals surface area contributed by atoms with Crippen molar-refractivity contribution in [3.05, 3.63) is 84.4 Å². The van der Waals surface area contributed by atoms with Crippen molar-refractivity contribution in [3.63, 3.8) is 0 Å². The number of carbonyl (C=O) groups is 1. The number of amides is 1. The van der Waals surface area contributed by atoms with Crippen LogP contribution in [-0.4, -0.2) is 23.0 Å². The van der Waals surface area contributed by atoms with E-state index < -0.39 is 5.91 Å². The number of hydrogen-bond donors (Lipinski definition) is 1. The van der Waals surface area contributed by atoms with E-state index in [1.165, 1.54) is 0 Å². The van der Waals surface area contributed by atoms with Crippen molar-refractivity contribution in [2.24, 2.45) is 5.73 Å². The minimum atomic E-state index is -0.517. The molecule has 0 fully saturated rings. The van der Waals surface area contributed by atoms with Crippen molar-refractivity contribution >= 4 is 5.91 Å². The van der Waals surface area contributed by atoms with E-state index in [1.54, 1.807) is 19.4 Å². The Morgan fingerprint density at radius 2 is 1.74 bits per heavy atom. The molecule has 2 aromatic carbocycles. The lowest BCUT2D eigenvalue weighted by atomic mass is 10.1. The second-order valence-corrected chi connectivity index (χ2v) is 6.82. The Morgan fingerprint density at radius 3 is 2.39 bits per heavy atom. The Morgan fingerprint density at radius 1 is 1.00 bits per heavy atom. The standard InChI is InChI=1S/C24H21N3O4/c1-29-21-12-9-18(14-26-21)23-24(31-22(27-23)13-20(25)28)17-7-10-19(11-8-17)30-15-16-5-3-2-4-6-16/h2-12,14H,13,15H2,1H3,(H2,25,28). The summed E-state index contributed by atoms with van der Waals surface area (Å²) in [6.45, 7) is 0.480. The van der Waals surface area contributed by atoms with Crippen LogP contribution in [0.4, 0.5) is 0 Å². The molecule has 7 heteroatoms. The summed E-state index contributed by atoms with van der Waals surface area (Å²) < 4.78 is 16.8. The number of aromatic nitrogens is 2. The predicted molar refractivity (Wildman–Crippen MR) is 115 cm³/mol. The number of nitrogens with two attached hydrogens (primary N) is 1. The van der Waals surface area contributed by atoms with Crippen LogP contribution in [0.1, 0.15) is 11.5 Å². The minimum Gasteiger partial charge on any atom is -0.489 e. The third-order valence-corrected chi connectivity index (χ3v) is 4.58. The van der Waals surface area contributed by atoms with Crippen molar-refractivity contribution in [2.75, 3.05) is 7.11 Å². The molecule has 4 rings (SSSR count). The van der Waals surface area contributed by atoms with Gasteiger partial charge in [0.2, 0.25) is 17.7 Å². The van der Waals surface area contributed by atoms with Crippen LogP contribution in [0.25, 0.3) is 22.6 Å². The van der Waals surface area contributed by atoms with Gasteiger partial charge in [-0.3, -0.25) is 4.79 Å². The van der Waals surface area contributed by atoms with Gasteiger partial charge in [-0.2, -0.15) is 0 Å². The van der Waals surface area contributed by atoms with E-state index in [9.17, 15) is 4.79 Å². The van der Waals surface area contributed by atoms with Gasteiger partial charge < -0.3 is 19.6 Å². The van der Waals surface area contributed by atoms with Gasteiger partial charge in [-0.15, -0.1) is 0 Å². The topological polar surface area (TPSA) is 100 Å². The molecule has 2 N–H and O–H groups in total. The summed E-state index contributed by atoms with van der Waals surface area (Å²) in [7, 11) is 1.55. The molecule has 31 heavy (non-hydrogen) atoms. The minimum absolute atomic E-state index is 0.0884. The highest BCUT2D eigenvalue weighted by atomic mass is 16.5. The van der Waals surface area contributed by atoms with E-state index in [0.29, 0.717) is 23.9 Å². The van der Waals surface area contributed by atoms with Crippen LogP contribution >= 0.6 is 0 Å². The second-order valence-electron chi connectivity index (χ2n) is 6.82. The molecule has 0 aliphatic carbocycles. The van der Waals surface area contributed by atoms with Gasteiger partial charge in [0.1, 0.15) is 24.5 Å². The van der Waals surface area contributed by atoms with Gasteiger partial charge in [-0.1, -0.05) is 30.3 Å². The molecule has 0 spiro atoms. The van der Waals surface area contributed by atoms with Crippen LogP contribution in [0.2, 0.25) is 0 Å². The fraction of sp³-hybridized carbons (Fsp3) is 0.125. The van der Waals surface area contributed by atoms with Crippen molar-refractivity contribution in [1.82, 2.24) is 9.97 Å². The summed E-state index contributed by atoms with van der Waals surface area (Å²) in [5, 5.41) is 0. The van der Waals surface area contributed by atoms with Gasteiger partial charge in [-0.25, -0.2) is 9.97 Å². The van der Waals surface area contributed by atoms with Crippen LogP contribution in [0.3, 0.4) is 0 Å². The number of hydrogen-bond acceptors (Lipinski definition) is 6. The molecular weight excluding hydrogens is 394 g/mol. The Kier molecular flexibility index (Phi) is 5.93. The SMILES string of the molecule is COc1ccc(-c2nc(CC(N)=O)oc2-c2ccc(OCc3ccccc3)cc2)cn1. The molecule has 0 aliphatic heterocycles. The van der Waals surface area contributed by atoms with E-state index in [1.807, 2.05) is 60.7 Å². The van der Waals surface area contributed by atoms with Gasteiger partial charge in [0.05, 0.1) is 7.11 Å². The fourth-order valence-electron chi connectivity index (χ4n) is 3.06. The molecule has 0 radical (unpaired) electrons. The lowest BCUT2D eigenvalue weighted by molar-refractivity contribution is -0.117. The Balaban J connectivity index is 1.61. The summed E-state index contributed by atoms with van der Waals surface area (Å²) in [6.07, 6.45) is 1.56. The maximum atomic E-state index is 11.4. The zero-order valence-electron chi connectivity index (χ0n) is 16.9. The summed E-state index contributed by atoms with van der Waals surface area (Å²) >= 11 is 0. The number of nitrogens with zero attached hydrogens (tertiary/aromatic N) is 2. The molecule has 0 aliphatic rings. The van der Waals surface area contributed by atoms with Gasteiger partial charge in [0.15, 0.2) is 5.76 Å². The third kappa shape index (κ3) is 4.90. The normalized spacial score (nSPS) is 10.6. The zero-order valence-corrected chi connectivity index (χ0v) is 16.9. The highest BCUT2D eigenvalue weighted by Crippen LogP contribution is 2.34. The van der Waals surface area contributed by atoms with E-state index in [0.717, 1.165) is 22.4 Å². The van der Waals surface area contributed by atoms with Crippen LogP contribution in [0.5, 0.6) is 11.6 Å². The lowest BCUT2D eigenvalue weighted by Crippen LogP contribution is -2.13. The van der Waals surface area contributed by atoms with Gasteiger partial charge in [-0.05, 0) is 35.9 Å². The van der Waals surface area contributed by atoms with Crippen molar-refractivity contribution in [3.8, 4) is 34.2 Å². The average Bonchev–Trinajstić information content (AvgIpc) is 3.22. The Bertz CT molecular complexity index is 1150. The van der Waals surface area contributed by atoms with E-state index in [-0.39, 0.29) is 12.3 Å². The number of ether oxygens (including phenoxy) is 2. The molecule has 7 nitrogen and oxygen atoms in total. The average molecular weight is 415 g/mol. The number of rotatable bonds is 8. The summed E-state index contributed by atoms with van der Waals surface area (Å²) in [6, 6.07) is 21.0. The maximum Gasteiger partial charge on any atom is 0.226 e. The Hall–Kier alpha value is -4.13. The summed E-state index contributed by atoms with van der Waals surface area (Å²) in [5.74, 6) is 1.48. The van der Waals surface area contributed by atoms with Gasteiger partial charge >= 0.3 is 0 Å². The largest absolute Gasteiger partial charge is 0.489 e. The monoisotopic (exact) mass is 415 g/mol. The molecule has 0 unspecified atom stereocenters. The first-order chi connectivity index (χ1) is 15.1. The lowest BCUT2D eigenvalue weighted by Gasteiger charge is -2.07. The highest BCUT2D eigenvalue weighted by Gasteiger charge is 2.18. The number of benzene rings is 2. The van der Waals surface area contributed by atoms with Crippen molar-refractivity contribution in [1.29, 1.82) is 0 Å². The van der Waals surface area contributed by atoms with Crippen LogP contribution < -0.4 is 15.2 Å². The van der Waals surface area contributed by atoms with Crippen molar-refractivity contribution in [2.45, 2.75) is 13.0 Å². The molecule has 0 saturated carbocycles. The molecule has 1 amide bonds. The van der Waals surface area contributed by atoms with Crippen LogP contribution in [0, 0.1) is 0 Å². The second kappa shape index (κ2) is 9.13. The summed E-state index contributed by atoms with van der Waals surface area (Å²) in [4.78, 5) is 20.1. The highest BCUT2D eigenvalue weighted by molar-refractivity contribution is 5.79. The first kappa shape index (κ1) is 20.2.